The molecule has 13 heavy (non-hydrogen) atoms. The Morgan fingerprint density at radius 1 is 1.54 bits per heavy atom. The van der Waals surface area contributed by atoms with E-state index in [-0.39, 0.29) is 0 Å². The standard InChI is InChI=1S/C10H12N2O/c1-7(12-13)8-2-3-10-9(6-8)4-5-11-10/h2-3,6,11,13H,4-5H2,1H3. The van der Waals surface area contributed by atoms with Crippen LogP contribution in [0.5, 0.6) is 0 Å². The average molecular weight is 176 g/mol. The second-order valence-electron chi connectivity index (χ2n) is 3.23. The predicted octanol–water partition coefficient (Wildman–Crippen LogP) is 1.85. The van der Waals surface area contributed by atoms with Gasteiger partial charge >= 0.3 is 0 Å². The number of nitrogens with zero attached hydrogens (tertiary/aromatic N) is 1. The first kappa shape index (κ1) is 8.10. The molecule has 0 radical (unpaired) electrons. The molecule has 0 aromatic heterocycles. The van der Waals surface area contributed by atoms with Crippen molar-refractivity contribution in [3.8, 4) is 0 Å². The van der Waals surface area contributed by atoms with Crippen molar-refractivity contribution < 1.29 is 5.21 Å². The van der Waals surface area contributed by atoms with Gasteiger partial charge < -0.3 is 10.5 Å². The molecule has 1 aliphatic heterocycles. The lowest BCUT2D eigenvalue weighted by molar-refractivity contribution is 0.319. The van der Waals surface area contributed by atoms with Gasteiger partial charge in [0.1, 0.15) is 0 Å². The zero-order valence-corrected chi connectivity index (χ0v) is 7.54. The largest absolute Gasteiger partial charge is 0.411 e. The van der Waals surface area contributed by atoms with Gasteiger partial charge in [0.25, 0.3) is 0 Å². The molecule has 1 aliphatic rings. The summed E-state index contributed by atoms with van der Waals surface area (Å²) in [7, 11) is 0. The summed E-state index contributed by atoms with van der Waals surface area (Å²) in [6.45, 7) is 2.80. The Bertz CT molecular complexity index is 358. The van der Waals surface area contributed by atoms with Gasteiger partial charge in [-0.15, -0.1) is 0 Å². The average Bonchev–Trinajstić information content (AvgIpc) is 2.63. The third kappa shape index (κ3) is 1.37. The summed E-state index contributed by atoms with van der Waals surface area (Å²) < 4.78 is 0. The molecule has 1 aromatic carbocycles. The molecule has 0 unspecified atom stereocenters. The van der Waals surface area contributed by atoms with Crippen LogP contribution in [0.4, 0.5) is 5.69 Å². The highest BCUT2D eigenvalue weighted by atomic mass is 16.4. The van der Waals surface area contributed by atoms with E-state index < -0.39 is 0 Å². The van der Waals surface area contributed by atoms with Crippen molar-refractivity contribution in [1.29, 1.82) is 0 Å². The number of nitrogens with one attached hydrogen (secondary N) is 1. The molecule has 3 heteroatoms. The van der Waals surface area contributed by atoms with Gasteiger partial charge in [0.2, 0.25) is 0 Å². The lowest BCUT2D eigenvalue weighted by Gasteiger charge is -2.02. The molecule has 3 nitrogen and oxygen atoms in total. The molecule has 0 amide bonds. The smallest absolute Gasteiger partial charge is 0.0837 e. The molecule has 2 rings (SSSR count). The first-order valence-electron chi connectivity index (χ1n) is 4.37. The number of hydrogen-bond donors (Lipinski definition) is 2. The topological polar surface area (TPSA) is 44.6 Å². The summed E-state index contributed by atoms with van der Waals surface area (Å²) in [6, 6.07) is 6.07. The number of rotatable bonds is 1. The molecule has 0 atom stereocenters. The van der Waals surface area contributed by atoms with Crippen molar-refractivity contribution >= 4 is 11.4 Å². The van der Waals surface area contributed by atoms with Crippen LogP contribution in [0.2, 0.25) is 0 Å². The molecule has 0 bridgehead atoms. The van der Waals surface area contributed by atoms with Crippen LogP contribution in [0.25, 0.3) is 0 Å². The molecule has 68 valence electrons. The second kappa shape index (κ2) is 3.09. The van der Waals surface area contributed by atoms with E-state index in [0.717, 1.165) is 18.5 Å². The summed E-state index contributed by atoms with van der Waals surface area (Å²) in [5, 5.41) is 15.1. The molecule has 0 saturated carbocycles. The third-order valence-electron chi connectivity index (χ3n) is 2.38. The van der Waals surface area contributed by atoms with Gasteiger partial charge in [-0.25, -0.2) is 0 Å². The maximum absolute atomic E-state index is 8.61. The lowest BCUT2D eigenvalue weighted by Crippen LogP contribution is -1.95. The second-order valence-corrected chi connectivity index (χ2v) is 3.23. The fraction of sp³-hybridized carbons (Fsp3) is 0.300. The number of benzene rings is 1. The van der Waals surface area contributed by atoms with Gasteiger partial charge in [0.15, 0.2) is 0 Å². The summed E-state index contributed by atoms with van der Waals surface area (Å²) in [5.41, 5.74) is 4.16. The highest BCUT2D eigenvalue weighted by Crippen LogP contribution is 2.23. The third-order valence-corrected chi connectivity index (χ3v) is 2.38. The highest BCUT2D eigenvalue weighted by molar-refractivity contribution is 5.98. The molecule has 0 fully saturated rings. The van der Waals surface area contributed by atoms with Crippen LogP contribution in [0, 0.1) is 0 Å². The maximum Gasteiger partial charge on any atom is 0.0837 e. The summed E-state index contributed by atoms with van der Waals surface area (Å²) in [4.78, 5) is 0. The fourth-order valence-electron chi connectivity index (χ4n) is 1.59. The number of oxime groups is 1. The quantitative estimate of drug-likeness (QED) is 0.389. The normalized spacial score (nSPS) is 15.3. The zero-order valence-electron chi connectivity index (χ0n) is 7.54. The van der Waals surface area contributed by atoms with Gasteiger partial charge in [-0.2, -0.15) is 0 Å². The van der Waals surface area contributed by atoms with Gasteiger partial charge in [0.05, 0.1) is 5.71 Å². The van der Waals surface area contributed by atoms with Crippen LogP contribution in [-0.2, 0) is 6.42 Å². The first-order chi connectivity index (χ1) is 6.31. The van der Waals surface area contributed by atoms with Gasteiger partial charge in [-0.3, -0.25) is 0 Å². The van der Waals surface area contributed by atoms with Crippen LogP contribution in [0.1, 0.15) is 18.1 Å². The Hall–Kier alpha value is -1.51. The van der Waals surface area contributed by atoms with E-state index in [1.54, 1.807) is 6.92 Å². The van der Waals surface area contributed by atoms with Gasteiger partial charge in [0, 0.05) is 12.2 Å². The highest BCUT2D eigenvalue weighted by Gasteiger charge is 2.10. The van der Waals surface area contributed by atoms with Gasteiger partial charge in [-0.05, 0) is 36.6 Å². The van der Waals surface area contributed by atoms with Crippen LogP contribution in [0.3, 0.4) is 0 Å². The van der Waals surface area contributed by atoms with E-state index in [1.807, 2.05) is 12.1 Å². The Kier molecular flexibility index (Phi) is 1.93. The van der Waals surface area contributed by atoms with E-state index in [4.69, 9.17) is 5.21 Å². The minimum absolute atomic E-state index is 0.662. The molecule has 0 aliphatic carbocycles. The fourth-order valence-corrected chi connectivity index (χ4v) is 1.59. The molecular weight excluding hydrogens is 164 g/mol. The molecule has 1 aromatic rings. The number of fused-ring (bicyclic) bond motifs is 1. The Balaban J connectivity index is 2.41. The van der Waals surface area contributed by atoms with Gasteiger partial charge in [-0.1, -0.05) is 11.2 Å². The molecule has 2 N–H and O–H groups in total. The van der Waals surface area contributed by atoms with E-state index >= 15 is 0 Å². The van der Waals surface area contributed by atoms with Crippen molar-refractivity contribution in [2.45, 2.75) is 13.3 Å². The first-order valence-corrected chi connectivity index (χ1v) is 4.37. The number of hydrogen-bond acceptors (Lipinski definition) is 3. The summed E-state index contributed by atoms with van der Waals surface area (Å²) in [5.74, 6) is 0. The minimum atomic E-state index is 0.662. The van der Waals surface area contributed by atoms with Crippen molar-refractivity contribution in [2.75, 3.05) is 11.9 Å². The van der Waals surface area contributed by atoms with E-state index in [2.05, 4.69) is 16.5 Å². The lowest BCUT2D eigenvalue weighted by atomic mass is 10.1. The van der Waals surface area contributed by atoms with E-state index in [1.165, 1.54) is 11.3 Å². The van der Waals surface area contributed by atoms with Crippen molar-refractivity contribution in [3.05, 3.63) is 29.3 Å². The Labute approximate surface area is 77.1 Å². The zero-order chi connectivity index (χ0) is 9.26. The molecule has 1 heterocycles. The number of anilines is 1. The van der Waals surface area contributed by atoms with Crippen molar-refractivity contribution in [1.82, 2.24) is 0 Å². The predicted molar refractivity (Wildman–Crippen MR) is 52.6 cm³/mol. The van der Waals surface area contributed by atoms with Crippen LogP contribution >= 0.6 is 0 Å². The molecular formula is C10H12N2O. The Morgan fingerprint density at radius 3 is 3.15 bits per heavy atom. The van der Waals surface area contributed by atoms with Crippen molar-refractivity contribution in [3.63, 3.8) is 0 Å². The minimum Gasteiger partial charge on any atom is -0.411 e. The Morgan fingerprint density at radius 2 is 2.38 bits per heavy atom. The van der Waals surface area contributed by atoms with Crippen LogP contribution in [-0.4, -0.2) is 17.5 Å². The van der Waals surface area contributed by atoms with E-state index in [0.29, 0.717) is 5.71 Å². The molecule has 0 spiro atoms. The van der Waals surface area contributed by atoms with Crippen molar-refractivity contribution in [2.24, 2.45) is 5.16 Å². The molecule has 0 saturated heterocycles. The SMILES string of the molecule is CC(=NO)c1ccc2c(c1)CCN2. The summed E-state index contributed by atoms with van der Waals surface area (Å²) in [6.07, 6.45) is 1.06. The monoisotopic (exact) mass is 176 g/mol. The maximum atomic E-state index is 8.61. The van der Waals surface area contributed by atoms with Crippen LogP contribution < -0.4 is 5.32 Å². The van der Waals surface area contributed by atoms with Crippen LogP contribution in [0.15, 0.2) is 23.4 Å². The summed E-state index contributed by atoms with van der Waals surface area (Å²) >= 11 is 0. The van der Waals surface area contributed by atoms with E-state index in [9.17, 15) is 0 Å².